The van der Waals surface area contributed by atoms with E-state index in [1.807, 2.05) is 25.1 Å². The molecule has 0 bridgehead atoms. The largest absolute Gasteiger partial charge is 0.482 e. The van der Waals surface area contributed by atoms with Crippen LogP contribution in [-0.4, -0.2) is 22.7 Å². The van der Waals surface area contributed by atoms with Crippen molar-refractivity contribution in [2.45, 2.75) is 6.92 Å². The van der Waals surface area contributed by atoms with Gasteiger partial charge in [-0.05, 0) is 42.3 Å². The van der Waals surface area contributed by atoms with Crippen LogP contribution in [0.25, 0.3) is 11.1 Å². The smallest absolute Gasteiger partial charge is 0.341 e. The maximum Gasteiger partial charge on any atom is 0.341 e. The number of ether oxygens (including phenoxy) is 1. The Morgan fingerprint density at radius 1 is 1.32 bits per heavy atom. The quantitative estimate of drug-likeness (QED) is 0.820. The number of aryl methyl sites for hydroxylation is 1. The fourth-order valence-corrected chi connectivity index (χ4v) is 1.74. The third kappa shape index (κ3) is 3.45. The van der Waals surface area contributed by atoms with Gasteiger partial charge in [0.2, 0.25) is 0 Å². The number of pyridine rings is 1. The molecule has 0 aliphatic rings. The molecule has 5 nitrogen and oxygen atoms in total. The first-order chi connectivity index (χ1) is 9.04. The first-order valence-electron chi connectivity index (χ1n) is 5.73. The molecule has 0 saturated heterocycles. The summed E-state index contributed by atoms with van der Waals surface area (Å²) >= 11 is 0. The molecule has 0 amide bonds. The average molecular weight is 258 g/mol. The standard InChI is InChI=1S/C14H14N2O3/c1-9-4-10(2-3-16-9)11-5-12(15)7-13(6-11)19-8-14(17)18/h2-7H,8,15H2,1H3,(H,17,18). The number of hydrogen-bond acceptors (Lipinski definition) is 4. The van der Waals surface area contributed by atoms with E-state index in [-0.39, 0.29) is 0 Å². The summed E-state index contributed by atoms with van der Waals surface area (Å²) in [6, 6.07) is 8.95. The number of carboxylic acid groups (broad SMARTS) is 1. The molecule has 0 fully saturated rings. The van der Waals surface area contributed by atoms with Gasteiger partial charge in [-0.1, -0.05) is 0 Å². The Hall–Kier alpha value is -2.56. The summed E-state index contributed by atoms with van der Waals surface area (Å²) in [4.78, 5) is 14.6. The summed E-state index contributed by atoms with van der Waals surface area (Å²) in [5, 5.41) is 8.60. The second-order valence-corrected chi connectivity index (χ2v) is 4.16. The number of aromatic nitrogens is 1. The topological polar surface area (TPSA) is 85.4 Å². The molecule has 5 heteroatoms. The van der Waals surface area contributed by atoms with Gasteiger partial charge in [0, 0.05) is 23.6 Å². The van der Waals surface area contributed by atoms with E-state index in [1.54, 1.807) is 18.3 Å². The monoisotopic (exact) mass is 258 g/mol. The number of aliphatic carboxylic acids is 1. The van der Waals surface area contributed by atoms with Gasteiger partial charge in [0.05, 0.1) is 0 Å². The van der Waals surface area contributed by atoms with Gasteiger partial charge in [-0.2, -0.15) is 0 Å². The number of carboxylic acids is 1. The maximum atomic E-state index is 10.5. The van der Waals surface area contributed by atoms with E-state index in [4.69, 9.17) is 15.6 Å². The van der Waals surface area contributed by atoms with E-state index in [2.05, 4.69) is 4.98 Å². The molecule has 0 radical (unpaired) electrons. The highest BCUT2D eigenvalue weighted by Gasteiger charge is 2.05. The maximum absolute atomic E-state index is 10.5. The summed E-state index contributed by atoms with van der Waals surface area (Å²) in [6.45, 7) is 1.51. The highest BCUT2D eigenvalue weighted by molar-refractivity contribution is 5.71. The second kappa shape index (κ2) is 5.39. The lowest BCUT2D eigenvalue weighted by Gasteiger charge is -2.08. The molecule has 0 unspecified atom stereocenters. The van der Waals surface area contributed by atoms with E-state index >= 15 is 0 Å². The molecular weight excluding hydrogens is 244 g/mol. The third-order valence-corrected chi connectivity index (χ3v) is 2.52. The van der Waals surface area contributed by atoms with E-state index in [9.17, 15) is 4.79 Å². The predicted octanol–water partition coefficient (Wildman–Crippen LogP) is 2.10. The molecule has 2 rings (SSSR count). The normalized spacial score (nSPS) is 10.2. The number of nitrogen functional groups attached to an aromatic ring is 1. The van der Waals surface area contributed by atoms with Crippen LogP contribution >= 0.6 is 0 Å². The van der Waals surface area contributed by atoms with Gasteiger partial charge in [0.1, 0.15) is 5.75 Å². The average Bonchev–Trinajstić information content (AvgIpc) is 2.36. The van der Waals surface area contributed by atoms with Gasteiger partial charge in [-0.25, -0.2) is 4.79 Å². The highest BCUT2D eigenvalue weighted by atomic mass is 16.5. The third-order valence-electron chi connectivity index (χ3n) is 2.52. The Balaban J connectivity index is 2.33. The van der Waals surface area contributed by atoms with Crippen LogP contribution in [0.15, 0.2) is 36.5 Å². The van der Waals surface area contributed by atoms with Crippen LogP contribution < -0.4 is 10.5 Å². The summed E-state index contributed by atoms with van der Waals surface area (Å²) in [7, 11) is 0. The summed E-state index contributed by atoms with van der Waals surface area (Å²) in [5.41, 5.74) is 9.04. The number of carbonyl (C=O) groups is 1. The number of nitrogens with zero attached hydrogens (tertiary/aromatic N) is 1. The zero-order valence-electron chi connectivity index (χ0n) is 10.5. The predicted molar refractivity (Wildman–Crippen MR) is 72.0 cm³/mol. The molecule has 19 heavy (non-hydrogen) atoms. The fraction of sp³-hybridized carbons (Fsp3) is 0.143. The Kier molecular flexibility index (Phi) is 3.66. The van der Waals surface area contributed by atoms with Gasteiger partial charge in [-0.3, -0.25) is 4.98 Å². The molecule has 1 aromatic carbocycles. The minimum absolute atomic E-state index is 0.391. The van der Waals surface area contributed by atoms with Crippen molar-refractivity contribution in [1.82, 2.24) is 4.98 Å². The van der Waals surface area contributed by atoms with Crippen LogP contribution in [-0.2, 0) is 4.79 Å². The van der Waals surface area contributed by atoms with E-state index < -0.39 is 12.6 Å². The summed E-state index contributed by atoms with van der Waals surface area (Å²) in [5.74, 6) is -0.587. The van der Waals surface area contributed by atoms with Gasteiger partial charge < -0.3 is 15.6 Å². The van der Waals surface area contributed by atoms with E-state index in [0.29, 0.717) is 11.4 Å². The molecular formula is C14H14N2O3. The lowest BCUT2D eigenvalue weighted by Crippen LogP contribution is -2.09. The highest BCUT2D eigenvalue weighted by Crippen LogP contribution is 2.27. The van der Waals surface area contributed by atoms with Crippen LogP contribution in [0.3, 0.4) is 0 Å². The van der Waals surface area contributed by atoms with Crippen molar-refractivity contribution in [3.8, 4) is 16.9 Å². The van der Waals surface area contributed by atoms with Crippen molar-refractivity contribution in [1.29, 1.82) is 0 Å². The SMILES string of the molecule is Cc1cc(-c2cc(N)cc(OCC(=O)O)c2)ccn1. The van der Waals surface area contributed by atoms with Crippen molar-refractivity contribution < 1.29 is 14.6 Å². The number of rotatable bonds is 4. The van der Waals surface area contributed by atoms with Crippen LogP contribution in [0.2, 0.25) is 0 Å². The number of nitrogens with two attached hydrogens (primary N) is 1. The summed E-state index contributed by atoms with van der Waals surface area (Å²) in [6.07, 6.45) is 1.71. The van der Waals surface area contributed by atoms with E-state index in [1.165, 1.54) is 0 Å². The molecule has 1 heterocycles. The van der Waals surface area contributed by atoms with Gasteiger partial charge >= 0.3 is 5.97 Å². The second-order valence-electron chi connectivity index (χ2n) is 4.16. The zero-order valence-corrected chi connectivity index (χ0v) is 10.5. The van der Waals surface area contributed by atoms with Crippen molar-refractivity contribution >= 4 is 11.7 Å². The van der Waals surface area contributed by atoms with Crippen LogP contribution in [0.5, 0.6) is 5.75 Å². The minimum atomic E-state index is -1.02. The molecule has 0 saturated carbocycles. The molecule has 0 aliphatic heterocycles. The van der Waals surface area contributed by atoms with Crippen LogP contribution in [0, 0.1) is 6.92 Å². The van der Waals surface area contributed by atoms with Crippen LogP contribution in [0.4, 0.5) is 5.69 Å². The van der Waals surface area contributed by atoms with Crippen molar-refractivity contribution in [2.75, 3.05) is 12.3 Å². The van der Waals surface area contributed by atoms with Crippen molar-refractivity contribution in [3.05, 3.63) is 42.2 Å². The molecule has 1 aromatic heterocycles. The van der Waals surface area contributed by atoms with Gasteiger partial charge in [0.15, 0.2) is 6.61 Å². The first kappa shape index (κ1) is 12.9. The van der Waals surface area contributed by atoms with Crippen LogP contribution in [0.1, 0.15) is 5.69 Å². The molecule has 2 aromatic rings. The molecule has 0 atom stereocenters. The van der Waals surface area contributed by atoms with Gasteiger partial charge in [0.25, 0.3) is 0 Å². The lowest BCUT2D eigenvalue weighted by atomic mass is 10.1. The molecule has 0 aliphatic carbocycles. The van der Waals surface area contributed by atoms with Crippen molar-refractivity contribution in [2.24, 2.45) is 0 Å². The Morgan fingerprint density at radius 3 is 2.79 bits per heavy atom. The first-order valence-corrected chi connectivity index (χ1v) is 5.73. The molecule has 0 spiro atoms. The Morgan fingerprint density at radius 2 is 2.11 bits per heavy atom. The number of hydrogen-bond donors (Lipinski definition) is 2. The lowest BCUT2D eigenvalue weighted by molar-refractivity contribution is -0.139. The number of anilines is 1. The molecule has 3 N–H and O–H groups in total. The summed E-state index contributed by atoms with van der Waals surface area (Å²) < 4.78 is 5.15. The number of benzene rings is 1. The Bertz CT molecular complexity index is 611. The van der Waals surface area contributed by atoms with E-state index in [0.717, 1.165) is 16.8 Å². The van der Waals surface area contributed by atoms with Gasteiger partial charge in [-0.15, -0.1) is 0 Å². The molecule has 98 valence electrons. The minimum Gasteiger partial charge on any atom is -0.482 e. The fourth-order valence-electron chi connectivity index (χ4n) is 1.74. The Labute approximate surface area is 110 Å². The zero-order chi connectivity index (χ0) is 13.8. The van der Waals surface area contributed by atoms with Crippen molar-refractivity contribution in [3.63, 3.8) is 0 Å².